The first-order valence-corrected chi connectivity index (χ1v) is 8.57. The van der Waals surface area contributed by atoms with Gasteiger partial charge in [-0.05, 0) is 38.3 Å². The van der Waals surface area contributed by atoms with Crippen LogP contribution in [-0.4, -0.2) is 49.4 Å². The maximum atomic E-state index is 12.6. The van der Waals surface area contributed by atoms with Gasteiger partial charge in [0.25, 0.3) is 0 Å². The Hall–Kier alpha value is -2.30. The SMILES string of the molecule is C=CCNC(=O)CN(CC(=O)N1CCCCC1)c1ccc(C)cc1. The lowest BCUT2D eigenvalue weighted by molar-refractivity contribution is -0.130. The molecule has 1 saturated heterocycles. The van der Waals surface area contributed by atoms with Gasteiger partial charge in [-0.25, -0.2) is 0 Å². The number of likely N-dealkylation sites (tertiary alicyclic amines) is 1. The van der Waals surface area contributed by atoms with E-state index in [1.54, 1.807) is 6.08 Å². The third-order valence-corrected chi connectivity index (χ3v) is 4.21. The second-order valence-electron chi connectivity index (χ2n) is 6.23. The molecule has 0 radical (unpaired) electrons. The first kappa shape index (κ1) is 18.0. The average Bonchev–Trinajstić information content (AvgIpc) is 2.60. The molecule has 1 aliphatic rings. The number of carbonyl (C=O) groups is 2. The second-order valence-corrected chi connectivity index (χ2v) is 6.23. The van der Waals surface area contributed by atoms with Crippen LogP contribution in [0.1, 0.15) is 24.8 Å². The molecule has 1 aliphatic heterocycles. The maximum Gasteiger partial charge on any atom is 0.242 e. The molecule has 0 saturated carbocycles. The molecule has 1 aromatic rings. The van der Waals surface area contributed by atoms with E-state index in [0.717, 1.165) is 37.2 Å². The van der Waals surface area contributed by atoms with Crippen LogP contribution in [-0.2, 0) is 9.59 Å². The third-order valence-electron chi connectivity index (χ3n) is 4.21. The molecule has 2 rings (SSSR count). The van der Waals surface area contributed by atoms with Gasteiger partial charge in [0.15, 0.2) is 0 Å². The summed E-state index contributed by atoms with van der Waals surface area (Å²) in [7, 11) is 0. The second kappa shape index (κ2) is 9.11. The highest BCUT2D eigenvalue weighted by atomic mass is 16.2. The van der Waals surface area contributed by atoms with E-state index in [4.69, 9.17) is 0 Å². The quantitative estimate of drug-likeness (QED) is 0.780. The molecule has 5 heteroatoms. The van der Waals surface area contributed by atoms with Crippen molar-refractivity contribution in [3.8, 4) is 0 Å². The first-order valence-electron chi connectivity index (χ1n) is 8.57. The minimum atomic E-state index is -0.109. The van der Waals surface area contributed by atoms with Crippen molar-refractivity contribution in [2.24, 2.45) is 0 Å². The molecule has 24 heavy (non-hydrogen) atoms. The number of hydrogen-bond acceptors (Lipinski definition) is 3. The number of carbonyl (C=O) groups excluding carboxylic acids is 2. The molecule has 1 heterocycles. The van der Waals surface area contributed by atoms with E-state index in [-0.39, 0.29) is 24.9 Å². The van der Waals surface area contributed by atoms with Crippen molar-refractivity contribution in [1.29, 1.82) is 0 Å². The van der Waals surface area contributed by atoms with E-state index in [2.05, 4.69) is 11.9 Å². The van der Waals surface area contributed by atoms with Crippen LogP contribution in [0.3, 0.4) is 0 Å². The number of nitrogens with zero attached hydrogens (tertiary/aromatic N) is 2. The molecule has 0 unspecified atom stereocenters. The predicted octanol–water partition coefficient (Wildman–Crippen LogP) is 2.12. The number of aryl methyl sites for hydroxylation is 1. The number of nitrogens with one attached hydrogen (secondary N) is 1. The summed E-state index contributed by atoms with van der Waals surface area (Å²) in [5, 5.41) is 2.77. The van der Waals surface area contributed by atoms with E-state index >= 15 is 0 Å². The molecule has 0 atom stereocenters. The number of piperidine rings is 1. The highest BCUT2D eigenvalue weighted by Gasteiger charge is 2.21. The van der Waals surface area contributed by atoms with Gasteiger partial charge in [0.1, 0.15) is 0 Å². The summed E-state index contributed by atoms with van der Waals surface area (Å²) in [4.78, 5) is 28.4. The van der Waals surface area contributed by atoms with Crippen LogP contribution in [0.25, 0.3) is 0 Å². The maximum absolute atomic E-state index is 12.6. The lowest BCUT2D eigenvalue weighted by atomic mass is 10.1. The molecular formula is C19H27N3O2. The number of amides is 2. The Morgan fingerprint density at radius 2 is 1.83 bits per heavy atom. The average molecular weight is 329 g/mol. The van der Waals surface area contributed by atoms with Gasteiger partial charge < -0.3 is 15.1 Å². The van der Waals surface area contributed by atoms with E-state index < -0.39 is 0 Å². The van der Waals surface area contributed by atoms with Gasteiger partial charge >= 0.3 is 0 Å². The molecule has 0 bridgehead atoms. The number of rotatable bonds is 7. The summed E-state index contributed by atoms with van der Waals surface area (Å²) in [6.07, 6.45) is 4.97. The highest BCUT2D eigenvalue weighted by Crippen LogP contribution is 2.16. The lowest BCUT2D eigenvalue weighted by Crippen LogP contribution is -2.46. The third kappa shape index (κ3) is 5.41. The molecule has 1 N–H and O–H groups in total. The standard InChI is InChI=1S/C19H27N3O2/c1-3-11-20-18(23)14-22(17-9-7-16(2)8-10-17)15-19(24)21-12-5-4-6-13-21/h3,7-10H,1,4-6,11-15H2,2H3,(H,20,23). The minimum Gasteiger partial charge on any atom is -0.353 e. The van der Waals surface area contributed by atoms with Gasteiger partial charge in [-0.2, -0.15) is 0 Å². The normalized spacial score (nSPS) is 14.1. The van der Waals surface area contributed by atoms with Crippen LogP contribution in [0.4, 0.5) is 5.69 Å². The Morgan fingerprint density at radius 1 is 1.17 bits per heavy atom. The molecule has 130 valence electrons. The van der Waals surface area contributed by atoms with Crippen molar-refractivity contribution in [3.63, 3.8) is 0 Å². The molecular weight excluding hydrogens is 302 g/mol. The molecule has 0 aliphatic carbocycles. The Balaban J connectivity index is 2.06. The summed E-state index contributed by atoms with van der Waals surface area (Å²) in [6, 6.07) is 7.91. The van der Waals surface area contributed by atoms with Gasteiger partial charge in [-0.15, -0.1) is 6.58 Å². The smallest absolute Gasteiger partial charge is 0.242 e. The van der Waals surface area contributed by atoms with E-state index in [9.17, 15) is 9.59 Å². The predicted molar refractivity (Wildman–Crippen MR) is 97.0 cm³/mol. The van der Waals surface area contributed by atoms with Gasteiger partial charge in [-0.1, -0.05) is 23.8 Å². The first-order chi connectivity index (χ1) is 11.6. The van der Waals surface area contributed by atoms with Crippen molar-refractivity contribution < 1.29 is 9.59 Å². The zero-order valence-corrected chi connectivity index (χ0v) is 14.5. The van der Waals surface area contributed by atoms with Gasteiger partial charge in [0, 0.05) is 25.3 Å². The Kier molecular flexibility index (Phi) is 6.85. The molecule has 2 amide bonds. The molecule has 5 nitrogen and oxygen atoms in total. The minimum absolute atomic E-state index is 0.0896. The van der Waals surface area contributed by atoms with Crippen LogP contribution in [0.5, 0.6) is 0 Å². The van der Waals surface area contributed by atoms with Crippen molar-refractivity contribution in [2.75, 3.05) is 37.6 Å². The molecule has 0 aromatic heterocycles. The Bertz CT molecular complexity index is 562. The lowest BCUT2D eigenvalue weighted by Gasteiger charge is -2.30. The van der Waals surface area contributed by atoms with E-state index in [1.807, 2.05) is 41.0 Å². The Labute approximate surface area is 144 Å². The van der Waals surface area contributed by atoms with Gasteiger partial charge in [-0.3, -0.25) is 9.59 Å². The number of anilines is 1. The number of benzene rings is 1. The van der Waals surface area contributed by atoms with Gasteiger partial charge in [0.05, 0.1) is 13.1 Å². The summed E-state index contributed by atoms with van der Waals surface area (Å²) < 4.78 is 0. The molecule has 1 aromatic carbocycles. The van der Waals surface area contributed by atoms with Crippen LogP contribution < -0.4 is 10.2 Å². The topological polar surface area (TPSA) is 52.7 Å². The largest absolute Gasteiger partial charge is 0.353 e. The summed E-state index contributed by atoms with van der Waals surface area (Å²) in [6.45, 7) is 8.08. The summed E-state index contributed by atoms with van der Waals surface area (Å²) in [5.74, 6) is -0.0197. The van der Waals surface area contributed by atoms with Crippen molar-refractivity contribution in [1.82, 2.24) is 10.2 Å². The highest BCUT2D eigenvalue weighted by molar-refractivity contribution is 5.86. The van der Waals surface area contributed by atoms with E-state index in [1.165, 1.54) is 6.42 Å². The molecule has 1 fully saturated rings. The van der Waals surface area contributed by atoms with Crippen molar-refractivity contribution >= 4 is 17.5 Å². The zero-order valence-electron chi connectivity index (χ0n) is 14.5. The monoisotopic (exact) mass is 329 g/mol. The van der Waals surface area contributed by atoms with Crippen molar-refractivity contribution in [3.05, 3.63) is 42.5 Å². The molecule has 0 spiro atoms. The fourth-order valence-corrected chi connectivity index (χ4v) is 2.82. The van der Waals surface area contributed by atoms with Crippen LogP contribution >= 0.6 is 0 Å². The Morgan fingerprint density at radius 3 is 2.46 bits per heavy atom. The fourth-order valence-electron chi connectivity index (χ4n) is 2.82. The zero-order chi connectivity index (χ0) is 17.4. The van der Waals surface area contributed by atoms with Crippen molar-refractivity contribution in [2.45, 2.75) is 26.2 Å². The number of hydrogen-bond donors (Lipinski definition) is 1. The fraction of sp³-hybridized carbons (Fsp3) is 0.474. The van der Waals surface area contributed by atoms with Gasteiger partial charge in [0.2, 0.25) is 11.8 Å². The summed E-state index contributed by atoms with van der Waals surface area (Å²) in [5.41, 5.74) is 2.04. The van der Waals surface area contributed by atoms with E-state index in [0.29, 0.717) is 6.54 Å². The van der Waals surface area contributed by atoms with Crippen LogP contribution in [0, 0.1) is 6.92 Å². The van der Waals surface area contributed by atoms with Crippen LogP contribution in [0.15, 0.2) is 36.9 Å². The summed E-state index contributed by atoms with van der Waals surface area (Å²) >= 11 is 0. The van der Waals surface area contributed by atoms with Crippen LogP contribution in [0.2, 0.25) is 0 Å².